The van der Waals surface area contributed by atoms with E-state index in [1.165, 1.54) is 4.88 Å². The van der Waals surface area contributed by atoms with E-state index in [-0.39, 0.29) is 5.54 Å². The van der Waals surface area contributed by atoms with E-state index in [1.807, 2.05) is 12.1 Å². The Kier molecular flexibility index (Phi) is 5.31. The molecule has 0 aliphatic rings. The molecule has 0 fully saturated rings. The van der Waals surface area contributed by atoms with Crippen LogP contribution in [0.25, 0.3) is 10.6 Å². The number of nitrogens with one attached hydrogen (secondary N) is 1. The first-order chi connectivity index (χ1) is 9.78. The summed E-state index contributed by atoms with van der Waals surface area (Å²) in [6, 6.07) is 5.56. The molecule has 0 saturated carbocycles. The SMILES string of the molecule is CCc1nc(-c2cc(Cl)cc(Cl)c2)sc1CNC(C)(C)C. The van der Waals surface area contributed by atoms with E-state index in [9.17, 15) is 0 Å². The van der Waals surface area contributed by atoms with E-state index in [0.29, 0.717) is 10.0 Å². The lowest BCUT2D eigenvalue weighted by molar-refractivity contribution is 0.425. The van der Waals surface area contributed by atoms with Crippen LogP contribution in [0.5, 0.6) is 0 Å². The maximum atomic E-state index is 6.08. The van der Waals surface area contributed by atoms with E-state index in [2.05, 4.69) is 33.0 Å². The Morgan fingerprint density at radius 1 is 1.14 bits per heavy atom. The molecule has 1 aromatic carbocycles. The van der Waals surface area contributed by atoms with Gasteiger partial charge in [-0.15, -0.1) is 11.3 Å². The number of hydrogen-bond donors (Lipinski definition) is 1. The van der Waals surface area contributed by atoms with Gasteiger partial charge in [0.2, 0.25) is 0 Å². The molecule has 0 unspecified atom stereocenters. The summed E-state index contributed by atoms with van der Waals surface area (Å²) < 4.78 is 0. The van der Waals surface area contributed by atoms with Crippen LogP contribution in [0.1, 0.15) is 38.3 Å². The van der Waals surface area contributed by atoms with Crippen LogP contribution < -0.4 is 5.32 Å². The fourth-order valence-electron chi connectivity index (χ4n) is 1.94. The van der Waals surface area contributed by atoms with Crippen molar-refractivity contribution >= 4 is 34.5 Å². The first-order valence-corrected chi connectivity index (χ1v) is 8.56. The first kappa shape index (κ1) is 16.8. The Morgan fingerprint density at radius 2 is 1.76 bits per heavy atom. The molecule has 2 nitrogen and oxygen atoms in total. The number of thiazole rings is 1. The van der Waals surface area contributed by atoms with E-state index >= 15 is 0 Å². The summed E-state index contributed by atoms with van der Waals surface area (Å²) in [6.07, 6.45) is 0.923. The number of aryl methyl sites for hydroxylation is 1. The van der Waals surface area contributed by atoms with Gasteiger partial charge in [0.15, 0.2) is 0 Å². The smallest absolute Gasteiger partial charge is 0.124 e. The minimum atomic E-state index is 0.0918. The Morgan fingerprint density at radius 3 is 2.29 bits per heavy atom. The molecule has 0 atom stereocenters. The van der Waals surface area contributed by atoms with Crippen molar-refractivity contribution in [2.75, 3.05) is 0 Å². The van der Waals surface area contributed by atoms with Crippen LogP contribution in [0.3, 0.4) is 0 Å². The monoisotopic (exact) mass is 342 g/mol. The Labute approximate surface area is 140 Å². The van der Waals surface area contributed by atoms with E-state index in [1.54, 1.807) is 17.4 Å². The Hall–Kier alpha value is -0.610. The second-order valence-corrected chi connectivity index (χ2v) is 7.96. The second-order valence-electron chi connectivity index (χ2n) is 6.00. The van der Waals surface area contributed by atoms with Crippen LogP contribution in [0.15, 0.2) is 18.2 Å². The van der Waals surface area contributed by atoms with Gasteiger partial charge < -0.3 is 5.32 Å². The fraction of sp³-hybridized carbons (Fsp3) is 0.438. The molecule has 1 N–H and O–H groups in total. The minimum Gasteiger partial charge on any atom is -0.307 e. The molecule has 0 spiro atoms. The van der Waals surface area contributed by atoms with Crippen LogP contribution in [0, 0.1) is 0 Å². The lowest BCUT2D eigenvalue weighted by Crippen LogP contribution is -2.35. The molecule has 1 heterocycles. The van der Waals surface area contributed by atoms with Crippen LogP contribution in [0.2, 0.25) is 10.0 Å². The van der Waals surface area contributed by atoms with Gasteiger partial charge in [0.25, 0.3) is 0 Å². The molecule has 2 rings (SSSR count). The number of hydrogen-bond acceptors (Lipinski definition) is 3. The summed E-state index contributed by atoms with van der Waals surface area (Å²) in [5, 5.41) is 5.77. The molecule has 0 bridgehead atoms. The third kappa shape index (κ3) is 4.68. The standard InChI is InChI=1S/C16H20Cl2N2S/c1-5-13-14(9-19-16(2,3)4)21-15(20-13)10-6-11(17)8-12(18)7-10/h6-8,19H,5,9H2,1-4H3. The van der Waals surface area contributed by atoms with Crippen molar-refractivity contribution < 1.29 is 0 Å². The molecule has 1 aromatic heterocycles. The number of benzene rings is 1. The second kappa shape index (κ2) is 6.66. The van der Waals surface area contributed by atoms with Crippen molar-refractivity contribution in [2.45, 2.75) is 46.2 Å². The average Bonchev–Trinajstić information content (AvgIpc) is 2.77. The molecule has 0 aliphatic heterocycles. The lowest BCUT2D eigenvalue weighted by atomic mass is 10.1. The topological polar surface area (TPSA) is 24.9 Å². The van der Waals surface area contributed by atoms with Gasteiger partial charge >= 0.3 is 0 Å². The molecule has 2 aromatic rings. The highest BCUT2D eigenvalue weighted by atomic mass is 35.5. The molecule has 0 saturated heterocycles. The Balaban J connectivity index is 2.31. The van der Waals surface area contributed by atoms with Crippen molar-refractivity contribution in [3.63, 3.8) is 0 Å². The van der Waals surface area contributed by atoms with Crippen LogP contribution in [-0.4, -0.2) is 10.5 Å². The van der Waals surface area contributed by atoms with Gasteiger partial charge in [0, 0.05) is 32.6 Å². The summed E-state index contributed by atoms with van der Waals surface area (Å²) in [6.45, 7) is 9.45. The largest absolute Gasteiger partial charge is 0.307 e. The average molecular weight is 343 g/mol. The summed E-state index contributed by atoms with van der Waals surface area (Å²) in [5.41, 5.74) is 2.21. The van der Waals surface area contributed by atoms with Crippen molar-refractivity contribution in [1.29, 1.82) is 0 Å². The summed E-state index contributed by atoms with van der Waals surface area (Å²) in [5.74, 6) is 0. The predicted octanol–water partition coefficient (Wildman–Crippen LogP) is 5.57. The maximum absolute atomic E-state index is 6.08. The van der Waals surface area contributed by atoms with Gasteiger partial charge in [-0.25, -0.2) is 4.98 Å². The molecule has 21 heavy (non-hydrogen) atoms. The zero-order valence-electron chi connectivity index (χ0n) is 12.8. The molecule has 0 amide bonds. The predicted molar refractivity (Wildman–Crippen MR) is 93.5 cm³/mol. The zero-order valence-corrected chi connectivity index (χ0v) is 15.1. The first-order valence-electron chi connectivity index (χ1n) is 6.98. The van der Waals surface area contributed by atoms with Crippen LogP contribution in [-0.2, 0) is 13.0 Å². The zero-order chi connectivity index (χ0) is 15.6. The van der Waals surface area contributed by atoms with Crippen molar-refractivity contribution in [3.8, 4) is 10.6 Å². The number of halogens is 2. The summed E-state index contributed by atoms with van der Waals surface area (Å²) in [4.78, 5) is 6.02. The van der Waals surface area contributed by atoms with Crippen molar-refractivity contribution in [2.24, 2.45) is 0 Å². The minimum absolute atomic E-state index is 0.0918. The molecule has 0 aliphatic carbocycles. The van der Waals surface area contributed by atoms with Gasteiger partial charge in [0.1, 0.15) is 5.01 Å². The highest BCUT2D eigenvalue weighted by Gasteiger charge is 2.15. The molecular weight excluding hydrogens is 323 g/mol. The summed E-state index contributed by atoms with van der Waals surface area (Å²) in [7, 11) is 0. The number of aromatic nitrogens is 1. The van der Waals surface area contributed by atoms with Gasteiger partial charge in [-0.3, -0.25) is 0 Å². The molecule has 114 valence electrons. The number of rotatable bonds is 4. The highest BCUT2D eigenvalue weighted by Crippen LogP contribution is 2.32. The third-order valence-corrected chi connectivity index (χ3v) is 4.59. The van der Waals surface area contributed by atoms with Crippen molar-refractivity contribution in [3.05, 3.63) is 38.8 Å². The van der Waals surface area contributed by atoms with E-state index < -0.39 is 0 Å². The quantitative estimate of drug-likeness (QED) is 0.785. The van der Waals surface area contributed by atoms with Crippen molar-refractivity contribution in [1.82, 2.24) is 10.3 Å². The molecule has 5 heteroatoms. The molecular formula is C16H20Cl2N2S. The van der Waals surface area contributed by atoms with E-state index in [4.69, 9.17) is 28.2 Å². The maximum Gasteiger partial charge on any atom is 0.124 e. The van der Waals surface area contributed by atoms with Crippen LogP contribution in [0.4, 0.5) is 0 Å². The number of nitrogens with zero attached hydrogens (tertiary/aromatic N) is 1. The normalized spacial score (nSPS) is 11.9. The van der Waals surface area contributed by atoms with E-state index in [0.717, 1.165) is 29.2 Å². The Bertz CT molecular complexity index is 609. The fourth-order valence-corrected chi connectivity index (χ4v) is 3.55. The molecule has 0 radical (unpaired) electrons. The highest BCUT2D eigenvalue weighted by molar-refractivity contribution is 7.15. The van der Waals surface area contributed by atoms with Gasteiger partial charge in [-0.05, 0) is 45.4 Å². The summed E-state index contributed by atoms with van der Waals surface area (Å²) >= 11 is 13.9. The van der Waals surface area contributed by atoms with Gasteiger partial charge in [-0.2, -0.15) is 0 Å². The van der Waals surface area contributed by atoms with Gasteiger partial charge in [0.05, 0.1) is 5.69 Å². The lowest BCUT2D eigenvalue weighted by Gasteiger charge is -2.20. The van der Waals surface area contributed by atoms with Crippen LogP contribution >= 0.6 is 34.5 Å². The third-order valence-electron chi connectivity index (χ3n) is 3.00. The van der Waals surface area contributed by atoms with Gasteiger partial charge in [-0.1, -0.05) is 30.1 Å².